The van der Waals surface area contributed by atoms with Gasteiger partial charge in [-0.15, -0.1) is 12.4 Å². The van der Waals surface area contributed by atoms with Crippen molar-refractivity contribution in [1.82, 2.24) is 15.2 Å². The molecule has 2 atom stereocenters. The first-order chi connectivity index (χ1) is 6.65. The Morgan fingerprint density at radius 2 is 2.40 bits per heavy atom. The number of carbonyl (C=O) groups excluding carboxylic acids is 1. The van der Waals surface area contributed by atoms with Gasteiger partial charge in [0.05, 0.1) is 6.04 Å². The second-order valence-corrected chi connectivity index (χ2v) is 3.23. The zero-order valence-electron chi connectivity index (χ0n) is 8.73. The van der Waals surface area contributed by atoms with Crippen molar-refractivity contribution < 1.29 is 4.79 Å². The third kappa shape index (κ3) is 3.85. The summed E-state index contributed by atoms with van der Waals surface area (Å²) in [5, 5.41) is 8.68. The van der Waals surface area contributed by atoms with Crippen molar-refractivity contribution in [2.75, 3.05) is 5.32 Å². The van der Waals surface area contributed by atoms with E-state index in [1.165, 1.54) is 6.33 Å². The summed E-state index contributed by atoms with van der Waals surface area (Å²) in [7, 11) is 0. The van der Waals surface area contributed by atoms with Gasteiger partial charge in [-0.1, -0.05) is 20.3 Å². The van der Waals surface area contributed by atoms with Crippen LogP contribution in [0.4, 0.5) is 5.95 Å². The van der Waals surface area contributed by atoms with Crippen LogP contribution in [0.3, 0.4) is 0 Å². The van der Waals surface area contributed by atoms with E-state index in [2.05, 4.69) is 20.5 Å². The summed E-state index contributed by atoms with van der Waals surface area (Å²) in [6.07, 6.45) is 2.19. The number of nitrogens with two attached hydrogens (primary N) is 1. The number of hydrogen-bond acceptors (Lipinski definition) is 4. The fourth-order valence-corrected chi connectivity index (χ4v) is 0.978. The Morgan fingerprint density at radius 1 is 1.73 bits per heavy atom. The monoisotopic (exact) mass is 233 g/mol. The van der Waals surface area contributed by atoms with Crippen LogP contribution in [0.2, 0.25) is 0 Å². The number of halogens is 1. The first kappa shape index (κ1) is 13.9. The van der Waals surface area contributed by atoms with Crippen LogP contribution in [0.5, 0.6) is 0 Å². The molecule has 1 aromatic heterocycles. The Labute approximate surface area is 94.4 Å². The molecule has 1 aromatic rings. The molecule has 0 saturated heterocycles. The summed E-state index contributed by atoms with van der Waals surface area (Å²) in [5.41, 5.74) is 5.71. The van der Waals surface area contributed by atoms with Crippen molar-refractivity contribution in [3.8, 4) is 0 Å². The zero-order chi connectivity index (χ0) is 10.6. The predicted molar refractivity (Wildman–Crippen MR) is 59.7 cm³/mol. The van der Waals surface area contributed by atoms with Gasteiger partial charge in [0, 0.05) is 0 Å². The SMILES string of the molecule is CCC(C)C(N)C(=O)Nc1ncn[nH]1.Cl. The average Bonchev–Trinajstić information content (AvgIpc) is 2.68. The first-order valence-electron chi connectivity index (χ1n) is 4.57. The Hall–Kier alpha value is -1.14. The molecule has 0 aliphatic carbocycles. The van der Waals surface area contributed by atoms with E-state index in [9.17, 15) is 4.79 Å². The van der Waals surface area contributed by atoms with E-state index < -0.39 is 6.04 Å². The van der Waals surface area contributed by atoms with Crippen LogP contribution >= 0.6 is 12.4 Å². The fraction of sp³-hybridized carbons (Fsp3) is 0.625. The van der Waals surface area contributed by atoms with Crippen LogP contribution in [0.25, 0.3) is 0 Å². The lowest BCUT2D eigenvalue weighted by Gasteiger charge is -2.16. The van der Waals surface area contributed by atoms with Crippen LogP contribution in [-0.2, 0) is 4.79 Å². The lowest BCUT2D eigenvalue weighted by molar-refractivity contribution is -0.118. The molecule has 0 radical (unpaired) electrons. The summed E-state index contributed by atoms with van der Waals surface area (Å²) in [6, 6.07) is -0.509. The summed E-state index contributed by atoms with van der Waals surface area (Å²) < 4.78 is 0. The Morgan fingerprint density at radius 3 is 2.87 bits per heavy atom. The minimum absolute atomic E-state index is 0. The molecule has 15 heavy (non-hydrogen) atoms. The average molecular weight is 234 g/mol. The van der Waals surface area contributed by atoms with Crippen LogP contribution in [-0.4, -0.2) is 27.1 Å². The van der Waals surface area contributed by atoms with Gasteiger partial charge in [0.15, 0.2) is 0 Å². The molecule has 7 heteroatoms. The number of anilines is 1. The molecule has 0 bridgehead atoms. The minimum Gasteiger partial charge on any atom is -0.320 e. The number of rotatable bonds is 4. The first-order valence-corrected chi connectivity index (χ1v) is 4.57. The van der Waals surface area contributed by atoms with E-state index in [-0.39, 0.29) is 24.2 Å². The summed E-state index contributed by atoms with van der Waals surface area (Å²) in [6.45, 7) is 3.93. The molecule has 0 aliphatic rings. The highest BCUT2D eigenvalue weighted by molar-refractivity contribution is 5.93. The number of nitrogens with one attached hydrogen (secondary N) is 2. The maximum Gasteiger partial charge on any atom is 0.243 e. The van der Waals surface area contributed by atoms with Gasteiger partial charge in [-0.2, -0.15) is 10.1 Å². The third-order valence-electron chi connectivity index (χ3n) is 2.22. The number of aromatic nitrogens is 3. The minimum atomic E-state index is -0.509. The van der Waals surface area contributed by atoms with E-state index >= 15 is 0 Å². The molecule has 1 amide bonds. The molecule has 86 valence electrons. The maximum absolute atomic E-state index is 11.5. The molecule has 2 unspecified atom stereocenters. The predicted octanol–water partition coefficient (Wildman–Crippen LogP) is 0.538. The Kier molecular flexibility index (Phi) is 5.88. The van der Waals surface area contributed by atoms with Crippen LogP contribution in [0.15, 0.2) is 6.33 Å². The number of carbonyl (C=O) groups is 1. The molecule has 0 fully saturated rings. The van der Waals surface area contributed by atoms with E-state index in [1.54, 1.807) is 0 Å². The summed E-state index contributed by atoms with van der Waals surface area (Å²) in [4.78, 5) is 15.3. The number of amides is 1. The smallest absolute Gasteiger partial charge is 0.243 e. The lowest BCUT2D eigenvalue weighted by Crippen LogP contribution is -2.40. The fourth-order valence-electron chi connectivity index (χ4n) is 0.978. The van der Waals surface area contributed by atoms with E-state index in [4.69, 9.17) is 5.73 Å². The van der Waals surface area contributed by atoms with Crippen molar-refractivity contribution in [2.24, 2.45) is 11.7 Å². The van der Waals surface area contributed by atoms with Gasteiger partial charge in [-0.25, -0.2) is 5.10 Å². The van der Waals surface area contributed by atoms with Crippen molar-refractivity contribution in [3.63, 3.8) is 0 Å². The molecule has 0 aromatic carbocycles. The van der Waals surface area contributed by atoms with E-state index in [0.29, 0.717) is 5.95 Å². The zero-order valence-corrected chi connectivity index (χ0v) is 9.54. The molecular formula is C8H16ClN5O. The van der Waals surface area contributed by atoms with Crippen molar-refractivity contribution >= 4 is 24.3 Å². The summed E-state index contributed by atoms with van der Waals surface area (Å²) >= 11 is 0. The number of H-pyrrole nitrogens is 1. The van der Waals surface area contributed by atoms with Gasteiger partial charge in [-0.3, -0.25) is 10.1 Å². The molecule has 6 nitrogen and oxygen atoms in total. The molecule has 1 heterocycles. The van der Waals surface area contributed by atoms with Gasteiger partial charge in [0.2, 0.25) is 11.9 Å². The molecule has 0 aliphatic heterocycles. The highest BCUT2D eigenvalue weighted by atomic mass is 35.5. The van der Waals surface area contributed by atoms with Crippen molar-refractivity contribution in [1.29, 1.82) is 0 Å². The quantitative estimate of drug-likeness (QED) is 0.707. The lowest BCUT2D eigenvalue weighted by atomic mass is 10.00. The highest BCUT2D eigenvalue weighted by Crippen LogP contribution is 2.06. The standard InChI is InChI=1S/C8H15N5O.ClH/c1-3-5(2)6(9)7(14)12-8-10-4-11-13-8;/h4-6H,3,9H2,1-2H3,(H2,10,11,12,13,14);1H. The molecular weight excluding hydrogens is 218 g/mol. The van der Waals surface area contributed by atoms with Crippen LogP contribution in [0, 0.1) is 5.92 Å². The largest absolute Gasteiger partial charge is 0.320 e. The number of nitrogens with zero attached hydrogens (tertiary/aromatic N) is 2. The topological polar surface area (TPSA) is 96.7 Å². The van der Waals surface area contributed by atoms with E-state index in [0.717, 1.165) is 6.42 Å². The third-order valence-corrected chi connectivity index (χ3v) is 2.22. The van der Waals surface area contributed by atoms with Crippen LogP contribution in [0.1, 0.15) is 20.3 Å². The summed E-state index contributed by atoms with van der Waals surface area (Å²) in [5.74, 6) is 0.239. The van der Waals surface area contributed by atoms with Crippen molar-refractivity contribution in [3.05, 3.63) is 6.33 Å². The molecule has 0 saturated carbocycles. The molecule has 0 spiro atoms. The number of hydrogen-bond donors (Lipinski definition) is 3. The van der Waals surface area contributed by atoms with Gasteiger partial charge in [0.25, 0.3) is 0 Å². The van der Waals surface area contributed by atoms with Gasteiger partial charge < -0.3 is 5.73 Å². The normalized spacial score (nSPS) is 13.8. The highest BCUT2D eigenvalue weighted by Gasteiger charge is 2.19. The molecule has 1 rings (SSSR count). The Bertz CT molecular complexity index is 289. The number of aromatic amines is 1. The second kappa shape index (κ2) is 6.36. The maximum atomic E-state index is 11.5. The second-order valence-electron chi connectivity index (χ2n) is 3.23. The van der Waals surface area contributed by atoms with Gasteiger partial charge in [0.1, 0.15) is 6.33 Å². The van der Waals surface area contributed by atoms with Crippen LogP contribution < -0.4 is 11.1 Å². The van der Waals surface area contributed by atoms with Gasteiger partial charge in [-0.05, 0) is 5.92 Å². The molecule has 4 N–H and O–H groups in total. The Balaban J connectivity index is 0.00000196. The van der Waals surface area contributed by atoms with Gasteiger partial charge >= 0.3 is 0 Å². The van der Waals surface area contributed by atoms with Crippen molar-refractivity contribution in [2.45, 2.75) is 26.3 Å². The van der Waals surface area contributed by atoms with E-state index in [1.807, 2.05) is 13.8 Å².